The number of rotatable bonds is 5. The predicted molar refractivity (Wildman–Crippen MR) is 67.1 cm³/mol. The van der Waals surface area contributed by atoms with E-state index < -0.39 is 0 Å². The summed E-state index contributed by atoms with van der Waals surface area (Å²) in [6.07, 6.45) is 0. The van der Waals surface area contributed by atoms with Crippen molar-refractivity contribution < 1.29 is 14.4 Å². The molecule has 4 nitrogen and oxygen atoms in total. The molecule has 1 aromatic rings. The lowest BCUT2D eigenvalue weighted by atomic mass is 10.2. The Hall–Kier alpha value is -1.55. The fraction of sp³-hybridized carbons (Fsp3) is 0.462. The van der Waals surface area contributed by atoms with Gasteiger partial charge in [-0.05, 0) is 19.1 Å². The maximum Gasteiger partial charge on any atom is 0.277 e. The highest BCUT2D eigenvalue weighted by Gasteiger charge is 2.20. The average Bonchev–Trinajstić information content (AvgIpc) is 2.37. The molecule has 1 rings (SSSR count). The quantitative estimate of drug-likeness (QED) is 0.747. The van der Waals surface area contributed by atoms with E-state index in [1.165, 1.54) is 0 Å². The van der Waals surface area contributed by atoms with E-state index in [0.717, 1.165) is 22.8 Å². The molecule has 0 fully saturated rings. The fourth-order valence-electron chi connectivity index (χ4n) is 1.70. The van der Waals surface area contributed by atoms with Gasteiger partial charge in [-0.1, -0.05) is 12.1 Å². The van der Waals surface area contributed by atoms with Gasteiger partial charge >= 0.3 is 0 Å². The van der Waals surface area contributed by atoms with Gasteiger partial charge in [-0.2, -0.15) is 0 Å². The minimum absolute atomic E-state index is 0.0606. The summed E-state index contributed by atoms with van der Waals surface area (Å²) < 4.78 is 5.18. The lowest BCUT2D eigenvalue weighted by Crippen LogP contribution is -3.12. The largest absolute Gasteiger partial charge is 0.497 e. The standard InChI is InChI=1S/C13H20N2O2/c1-10(13(16)14-2)15(3)9-11-6-5-7-12(8-11)17-4/h5-8,10H,9H2,1-4H3,(H,14,16)/p+1/t10-/m1/s1. The van der Waals surface area contributed by atoms with E-state index in [2.05, 4.69) is 5.32 Å². The summed E-state index contributed by atoms with van der Waals surface area (Å²) in [6, 6.07) is 7.86. The minimum Gasteiger partial charge on any atom is -0.497 e. The summed E-state index contributed by atoms with van der Waals surface area (Å²) >= 11 is 0. The number of benzene rings is 1. The molecule has 0 aliphatic heterocycles. The Morgan fingerprint density at radius 1 is 1.53 bits per heavy atom. The van der Waals surface area contributed by atoms with Gasteiger partial charge in [0, 0.05) is 12.6 Å². The van der Waals surface area contributed by atoms with Gasteiger partial charge in [0.2, 0.25) is 0 Å². The van der Waals surface area contributed by atoms with Crippen LogP contribution < -0.4 is 15.0 Å². The van der Waals surface area contributed by atoms with E-state index in [4.69, 9.17) is 4.74 Å². The molecule has 0 saturated carbocycles. The van der Waals surface area contributed by atoms with E-state index >= 15 is 0 Å². The van der Waals surface area contributed by atoms with Gasteiger partial charge in [-0.15, -0.1) is 0 Å². The number of ether oxygens (including phenoxy) is 1. The van der Waals surface area contributed by atoms with Gasteiger partial charge in [-0.3, -0.25) is 4.79 Å². The van der Waals surface area contributed by atoms with Crippen molar-refractivity contribution in [3.05, 3.63) is 29.8 Å². The van der Waals surface area contributed by atoms with Crippen molar-refractivity contribution in [2.24, 2.45) is 0 Å². The van der Waals surface area contributed by atoms with E-state index in [0.29, 0.717) is 0 Å². The Kier molecular flexibility index (Phi) is 4.97. The zero-order chi connectivity index (χ0) is 12.8. The van der Waals surface area contributed by atoms with Crippen molar-refractivity contribution in [1.82, 2.24) is 5.32 Å². The molecule has 0 heterocycles. The van der Waals surface area contributed by atoms with Crippen LogP contribution in [0.3, 0.4) is 0 Å². The Morgan fingerprint density at radius 3 is 2.82 bits per heavy atom. The normalized spacial score (nSPS) is 13.9. The minimum atomic E-state index is -0.0637. The molecule has 0 bridgehead atoms. The van der Waals surface area contributed by atoms with Gasteiger partial charge in [0.15, 0.2) is 6.04 Å². The predicted octanol–water partition coefficient (Wildman–Crippen LogP) is -0.156. The molecule has 2 N–H and O–H groups in total. The number of hydrogen-bond donors (Lipinski definition) is 2. The summed E-state index contributed by atoms with van der Waals surface area (Å²) in [4.78, 5) is 12.7. The molecule has 0 spiro atoms. The maximum absolute atomic E-state index is 11.5. The lowest BCUT2D eigenvalue weighted by Gasteiger charge is -2.20. The SMILES string of the molecule is CNC(=O)[C@@H](C)[NH+](C)Cc1cccc(OC)c1. The van der Waals surface area contributed by atoms with Crippen molar-refractivity contribution >= 4 is 5.91 Å². The molecule has 4 heteroatoms. The van der Waals surface area contributed by atoms with Gasteiger partial charge in [-0.25, -0.2) is 0 Å². The van der Waals surface area contributed by atoms with Crippen LogP contribution in [0.1, 0.15) is 12.5 Å². The first-order chi connectivity index (χ1) is 8.08. The summed E-state index contributed by atoms with van der Waals surface area (Å²) in [7, 11) is 5.33. The van der Waals surface area contributed by atoms with Gasteiger partial charge in [0.25, 0.3) is 5.91 Å². The number of quaternary nitrogens is 1. The molecule has 2 atom stereocenters. The Labute approximate surface area is 103 Å². The number of likely N-dealkylation sites (N-methyl/N-ethyl adjacent to an activating group) is 2. The van der Waals surface area contributed by atoms with E-state index in [1.54, 1.807) is 14.2 Å². The van der Waals surface area contributed by atoms with Crippen molar-refractivity contribution in [3.8, 4) is 5.75 Å². The zero-order valence-corrected chi connectivity index (χ0v) is 10.9. The van der Waals surface area contributed by atoms with E-state index in [1.807, 2.05) is 38.2 Å². The summed E-state index contributed by atoms with van der Waals surface area (Å²) in [5.41, 5.74) is 1.16. The molecule has 1 aromatic carbocycles. The number of hydrogen-bond acceptors (Lipinski definition) is 2. The average molecular weight is 237 g/mol. The van der Waals surface area contributed by atoms with E-state index in [-0.39, 0.29) is 11.9 Å². The summed E-state index contributed by atoms with van der Waals surface area (Å²) in [5.74, 6) is 0.910. The van der Waals surface area contributed by atoms with Gasteiger partial charge in [0.05, 0.1) is 14.2 Å². The molecule has 94 valence electrons. The molecule has 0 radical (unpaired) electrons. The number of carbonyl (C=O) groups is 1. The van der Waals surface area contributed by atoms with Gasteiger partial charge in [0.1, 0.15) is 12.3 Å². The second kappa shape index (κ2) is 6.25. The number of carbonyl (C=O) groups excluding carboxylic acids is 1. The van der Waals surface area contributed by atoms with Crippen molar-refractivity contribution in [2.45, 2.75) is 19.5 Å². The third-order valence-electron chi connectivity index (χ3n) is 3.00. The molecule has 0 aliphatic rings. The van der Waals surface area contributed by atoms with Crippen molar-refractivity contribution in [2.75, 3.05) is 21.2 Å². The third-order valence-corrected chi connectivity index (χ3v) is 3.00. The van der Waals surface area contributed by atoms with Crippen LogP contribution in [0.15, 0.2) is 24.3 Å². The Bertz CT molecular complexity index is 379. The number of methoxy groups -OCH3 is 1. The second-order valence-corrected chi connectivity index (χ2v) is 4.21. The second-order valence-electron chi connectivity index (χ2n) is 4.21. The van der Waals surface area contributed by atoms with Crippen LogP contribution >= 0.6 is 0 Å². The van der Waals surface area contributed by atoms with Crippen molar-refractivity contribution in [3.63, 3.8) is 0 Å². The van der Waals surface area contributed by atoms with Crippen molar-refractivity contribution in [1.29, 1.82) is 0 Å². The maximum atomic E-state index is 11.5. The molecular formula is C13H21N2O2+. The molecule has 0 aliphatic carbocycles. The van der Waals surface area contributed by atoms with E-state index in [9.17, 15) is 4.79 Å². The highest BCUT2D eigenvalue weighted by atomic mass is 16.5. The first-order valence-electron chi connectivity index (χ1n) is 5.75. The lowest BCUT2D eigenvalue weighted by molar-refractivity contribution is -0.908. The molecule has 17 heavy (non-hydrogen) atoms. The van der Waals surface area contributed by atoms with Crippen LogP contribution in [0.2, 0.25) is 0 Å². The molecule has 0 aromatic heterocycles. The summed E-state index contributed by atoms with van der Waals surface area (Å²) in [5, 5.41) is 2.67. The van der Waals surface area contributed by atoms with Crippen LogP contribution in [0.4, 0.5) is 0 Å². The smallest absolute Gasteiger partial charge is 0.277 e. The highest BCUT2D eigenvalue weighted by Crippen LogP contribution is 2.11. The van der Waals surface area contributed by atoms with Gasteiger partial charge < -0.3 is 15.0 Å². The fourth-order valence-corrected chi connectivity index (χ4v) is 1.70. The molecule has 1 amide bonds. The highest BCUT2D eigenvalue weighted by molar-refractivity contribution is 5.79. The van der Waals surface area contributed by atoms with Crippen LogP contribution in [0.5, 0.6) is 5.75 Å². The third kappa shape index (κ3) is 3.75. The van der Waals surface area contributed by atoms with Crippen LogP contribution in [0, 0.1) is 0 Å². The Morgan fingerprint density at radius 2 is 2.24 bits per heavy atom. The topological polar surface area (TPSA) is 42.8 Å². The van der Waals surface area contributed by atoms with Crippen LogP contribution in [-0.2, 0) is 11.3 Å². The summed E-state index contributed by atoms with van der Waals surface area (Å²) in [6.45, 7) is 2.72. The zero-order valence-electron chi connectivity index (χ0n) is 10.9. The monoisotopic (exact) mass is 237 g/mol. The Balaban J connectivity index is 2.66. The first-order valence-corrected chi connectivity index (χ1v) is 5.75. The first kappa shape index (κ1) is 13.5. The molecular weight excluding hydrogens is 216 g/mol. The van der Waals surface area contributed by atoms with Crippen LogP contribution in [0.25, 0.3) is 0 Å². The van der Waals surface area contributed by atoms with Crippen LogP contribution in [-0.4, -0.2) is 33.2 Å². The molecule has 0 saturated heterocycles. The number of nitrogens with one attached hydrogen (secondary N) is 2. The molecule has 1 unspecified atom stereocenters. The number of amides is 1.